The van der Waals surface area contributed by atoms with Crippen LogP contribution in [0.3, 0.4) is 0 Å². The highest BCUT2D eigenvalue weighted by Gasteiger charge is 2.33. The molecular formula is C11H15BrN2O3S. The minimum Gasteiger partial charge on any atom is -0.495 e. The maximum Gasteiger partial charge on any atom is 0.246 e. The first-order valence-electron chi connectivity index (χ1n) is 5.49. The molecule has 0 spiro atoms. The van der Waals surface area contributed by atoms with Gasteiger partial charge in [0.1, 0.15) is 10.6 Å². The molecule has 1 fully saturated rings. The molecule has 0 unspecified atom stereocenters. The van der Waals surface area contributed by atoms with Gasteiger partial charge in [-0.1, -0.05) is 15.9 Å². The van der Waals surface area contributed by atoms with Gasteiger partial charge in [0.05, 0.1) is 7.11 Å². The lowest BCUT2D eigenvalue weighted by Gasteiger charge is -2.34. The summed E-state index contributed by atoms with van der Waals surface area (Å²) in [5.74, 6) is 0.359. The van der Waals surface area contributed by atoms with Crippen molar-refractivity contribution in [3.05, 3.63) is 22.7 Å². The van der Waals surface area contributed by atoms with Gasteiger partial charge < -0.3 is 10.1 Å². The lowest BCUT2D eigenvalue weighted by molar-refractivity contribution is 0.273. The summed E-state index contributed by atoms with van der Waals surface area (Å²) in [5.41, 5.74) is 0. The molecule has 0 aliphatic carbocycles. The highest BCUT2D eigenvalue weighted by atomic mass is 79.9. The second-order valence-corrected chi connectivity index (χ2v) is 7.01. The summed E-state index contributed by atoms with van der Waals surface area (Å²) in [6.45, 7) is 1.37. The molecule has 0 atom stereocenters. The summed E-state index contributed by atoms with van der Waals surface area (Å²) in [5, 5.41) is 3.06. The SMILES string of the molecule is COc1ccc(Br)cc1S(=O)(=O)N(C)C1CNC1. The molecule has 5 nitrogen and oxygen atoms in total. The highest BCUT2D eigenvalue weighted by molar-refractivity contribution is 9.10. The van der Waals surface area contributed by atoms with Crippen molar-refractivity contribution < 1.29 is 13.2 Å². The molecular weight excluding hydrogens is 320 g/mol. The van der Waals surface area contributed by atoms with Crippen LogP contribution in [0.1, 0.15) is 0 Å². The number of likely N-dealkylation sites (N-methyl/N-ethyl adjacent to an activating group) is 1. The van der Waals surface area contributed by atoms with Crippen LogP contribution in [0.5, 0.6) is 5.75 Å². The van der Waals surface area contributed by atoms with Crippen molar-refractivity contribution in [3.63, 3.8) is 0 Å². The summed E-state index contributed by atoms with van der Waals surface area (Å²) in [6.07, 6.45) is 0. The third kappa shape index (κ3) is 2.40. The summed E-state index contributed by atoms with van der Waals surface area (Å²) in [7, 11) is -0.462. The molecule has 18 heavy (non-hydrogen) atoms. The molecule has 100 valence electrons. The fraction of sp³-hybridized carbons (Fsp3) is 0.455. The van der Waals surface area contributed by atoms with Crippen molar-refractivity contribution in [2.24, 2.45) is 0 Å². The van der Waals surface area contributed by atoms with Crippen LogP contribution in [0, 0.1) is 0 Å². The van der Waals surface area contributed by atoms with E-state index in [0.717, 1.165) is 0 Å². The second kappa shape index (κ2) is 5.16. The number of benzene rings is 1. The zero-order chi connectivity index (χ0) is 13.3. The Labute approximate surface area is 115 Å². The standard InChI is InChI=1S/C11H15BrN2O3S/c1-14(9-6-13-7-9)18(15,16)11-5-8(12)3-4-10(11)17-2/h3-5,9,13H,6-7H2,1-2H3. The zero-order valence-electron chi connectivity index (χ0n) is 10.2. The van der Waals surface area contributed by atoms with Crippen LogP contribution in [-0.2, 0) is 10.0 Å². The minimum atomic E-state index is -3.53. The quantitative estimate of drug-likeness (QED) is 0.894. The van der Waals surface area contributed by atoms with Gasteiger partial charge in [-0.25, -0.2) is 8.42 Å². The van der Waals surface area contributed by atoms with E-state index < -0.39 is 10.0 Å². The van der Waals surface area contributed by atoms with E-state index in [-0.39, 0.29) is 10.9 Å². The number of nitrogens with zero attached hydrogens (tertiary/aromatic N) is 1. The topological polar surface area (TPSA) is 58.6 Å². The third-order valence-electron chi connectivity index (χ3n) is 3.06. The Kier molecular flexibility index (Phi) is 3.96. The van der Waals surface area contributed by atoms with Gasteiger partial charge in [-0.15, -0.1) is 0 Å². The summed E-state index contributed by atoms with van der Waals surface area (Å²) >= 11 is 3.28. The van der Waals surface area contributed by atoms with Crippen LogP contribution in [-0.4, -0.2) is 46.0 Å². The Bertz CT molecular complexity index is 543. The zero-order valence-corrected chi connectivity index (χ0v) is 12.6. The van der Waals surface area contributed by atoms with Crippen LogP contribution in [0.2, 0.25) is 0 Å². The second-order valence-electron chi connectivity index (χ2n) is 4.13. The van der Waals surface area contributed by atoms with E-state index in [1.165, 1.54) is 11.4 Å². The summed E-state index contributed by atoms with van der Waals surface area (Å²) in [4.78, 5) is 0.189. The minimum absolute atomic E-state index is 0.0127. The van der Waals surface area contributed by atoms with Crippen molar-refractivity contribution in [3.8, 4) is 5.75 Å². The number of rotatable bonds is 4. The molecule has 1 aromatic carbocycles. The smallest absolute Gasteiger partial charge is 0.246 e. The first kappa shape index (κ1) is 13.8. The Morgan fingerprint density at radius 1 is 1.44 bits per heavy atom. The fourth-order valence-electron chi connectivity index (χ4n) is 1.73. The number of sulfonamides is 1. The summed E-state index contributed by atoms with van der Waals surface area (Å²) in [6, 6.07) is 4.97. The molecule has 0 aromatic heterocycles. The number of nitrogens with one attached hydrogen (secondary N) is 1. The van der Waals surface area contributed by atoms with Crippen LogP contribution in [0.4, 0.5) is 0 Å². The Balaban J connectivity index is 2.42. The predicted molar refractivity (Wildman–Crippen MR) is 72.3 cm³/mol. The molecule has 1 aromatic rings. The van der Waals surface area contributed by atoms with Crippen molar-refractivity contribution in [2.45, 2.75) is 10.9 Å². The van der Waals surface area contributed by atoms with E-state index >= 15 is 0 Å². The van der Waals surface area contributed by atoms with E-state index in [4.69, 9.17) is 4.74 Å². The number of ether oxygens (including phenoxy) is 1. The largest absolute Gasteiger partial charge is 0.495 e. The van der Waals surface area contributed by atoms with Crippen LogP contribution in [0.25, 0.3) is 0 Å². The first-order valence-corrected chi connectivity index (χ1v) is 7.72. The van der Waals surface area contributed by atoms with E-state index in [1.807, 2.05) is 0 Å². The Morgan fingerprint density at radius 2 is 2.11 bits per heavy atom. The van der Waals surface area contributed by atoms with Crippen molar-refractivity contribution in [1.29, 1.82) is 0 Å². The number of hydrogen-bond acceptors (Lipinski definition) is 4. The molecule has 7 heteroatoms. The lowest BCUT2D eigenvalue weighted by Crippen LogP contribution is -2.57. The number of methoxy groups -OCH3 is 1. The van der Waals surface area contributed by atoms with Gasteiger partial charge in [-0.05, 0) is 18.2 Å². The van der Waals surface area contributed by atoms with Gasteiger partial charge in [0.25, 0.3) is 0 Å². The average molecular weight is 335 g/mol. The van der Waals surface area contributed by atoms with E-state index in [1.54, 1.807) is 25.2 Å². The van der Waals surface area contributed by atoms with Gasteiger partial charge >= 0.3 is 0 Å². The molecule has 1 heterocycles. The molecule has 0 bridgehead atoms. The fourth-order valence-corrected chi connectivity index (χ4v) is 3.78. The normalized spacial score (nSPS) is 16.7. The highest BCUT2D eigenvalue weighted by Crippen LogP contribution is 2.30. The first-order chi connectivity index (χ1) is 8.46. The van der Waals surface area contributed by atoms with Crippen molar-refractivity contribution in [1.82, 2.24) is 9.62 Å². The lowest BCUT2D eigenvalue weighted by atomic mass is 10.2. The third-order valence-corrected chi connectivity index (χ3v) is 5.48. The van der Waals surface area contributed by atoms with Crippen LogP contribution < -0.4 is 10.1 Å². The van der Waals surface area contributed by atoms with Gasteiger partial charge in [0, 0.05) is 30.7 Å². The summed E-state index contributed by atoms with van der Waals surface area (Å²) < 4.78 is 32.2. The van der Waals surface area contributed by atoms with Gasteiger partial charge in [-0.3, -0.25) is 0 Å². The maximum absolute atomic E-state index is 12.5. The Hall–Kier alpha value is -0.630. The number of halogens is 1. The average Bonchev–Trinajstić information content (AvgIpc) is 2.26. The molecule has 1 N–H and O–H groups in total. The van der Waals surface area contributed by atoms with Crippen molar-refractivity contribution >= 4 is 26.0 Å². The van der Waals surface area contributed by atoms with Gasteiger partial charge in [0.15, 0.2) is 0 Å². The van der Waals surface area contributed by atoms with E-state index in [9.17, 15) is 8.42 Å². The van der Waals surface area contributed by atoms with Crippen molar-refractivity contribution in [2.75, 3.05) is 27.2 Å². The van der Waals surface area contributed by atoms with Crippen LogP contribution in [0.15, 0.2) is 27.6 Å². The molecule has 1 aliphatic rings. The van der Waals surface area contributed by atoms with Gasteiger partial charge in [0.2, 0.25) is 10.0 Å². The predicted octanol–water partition coefficient (Wildman–Crippen LogP) is 1.05. The molecule has 1 saturated heterocycles. The monoisotopic (exact) mass is 334 g/mol. The van der Waals surface area contributed by atoms with E-state index in [2.05, 4.69) is 21.2 Å². The van der Waals surface area contributed by atoms with Crippen LogP contribution >= 0.6 is 15.9 Å². The molecule has 0 amide bonds. The molecule has 2 rings (SSSR count). The molecule has 0 saturated carbocycles. The maximum atomic E-state index is 12.5. The van der Waals surface area contributed by atoms with Gasteiger partial charge in [-0.2, -0.15) is 4.31 Å². The molecule has 0 radical (unpaired) electrons. The number of hydrogen-bond donors (Lipinski definition) is 1. The molecule has 1 aliphatic heterocycles. The Morgan fingerprint density at radius 3 is 2.61 bits per heavy atom. The van der Waals surface area contributed by atoms with E-state index in [0.29, 0.717) is 23.3 Å².